The zero-order valence-electron chi connectivity index (χ0n) is 13.3. The van der Waals surface area contributed by atoms with Crippen molar-refractivity contribution in [1.29, 1.82) is 0 Å². The SMILES string of the molecule is Cc1cnc(NC(=O)C2CCCCN2S(=O)(=O)c2ccccc2)s1. The molecule has 0 saturated carbocycles. The van der Waals surface area contributed by atoms with Crippen molar-refractivity contribution in [3.8, 4) is 0 Å². The van der Waals surface area contributed by atoms with Gasteiger partial charge in [0.15, 0.2) is 5.13 Å². The number of aryl methyl sites for hydroxylation is 1. The van der Waals surface area contributed by atoms with Gasteiger partial charge in [0.2, 0.25) is 15.9 Å². The summed E-state index contributed by atoms with van der Waals surface area (Å²) in [6, 6.07) is 7.55. The number of aromatic nitrogens is 1. The number of nitrogens with one attached hydrogen (secondary N) is 1. The van der Waals surface area contributed by atoms with Crippen molar-refractivity contribution in [3.63, 3.8) is 0 Å². The number of carbonyl (C=O) groups excluding carboxylic acids is 1. The Bertz CT molecular complexity index is 818. The van der Waals surface area contributed by atoms with Crippen LogP contribution in [-0.4, -0.2) is 36.2 Å². The second-order valence-electron chi connectivity index (χ2n) is 5.71. The number of hydrogen-bond donors (Lipinski definition) is 1. The number of amides is 1. The second-order valence-corrected chi connectivity index (χ2v) is 8.83. The van der Waals surface area contributed by atoms with Crippen molar-refractivity contribution in [2.75, 3.05) is 11.9 Å². The van der Waals surface area contributed by atoms with Gasteiger partial charge in [-0.3, -0.25) is 4.79 Å². The van der Waals surface area contributed by atoms with E-state index in [1.807, 2.05) is 6.92 Å². The lowest BCUT2D eigenvalue weighted by atomic mass is 10.0. The molecule has 2 aromatic rings. The van der Waals surface area contributed by atoms with E-state index < -0.39 is 16.1 Å². The third-order valence-corrected chi connectivity index (χ3v) is 6.71. The maximum Gasteiger partial charge on any atom is 0.244 e. The number of nitrogens with zero attached hydrogens (tertiary/aromatic N) is 2. The summed E-state index contributed by atoms with van der Waals surface area (Å²) in [5.41, 5.74) is 0. The summed E-state index contributed by atoms with van der Waals surface area (Å²) >= 11 is 1.37. The average molecular weight is 365 g/mol. The molecule has 0 radical (unpaired) electrons. The molecule has 1 saturated heterocycles. The van der Waals surface area contributed by atoms with Crippen molar-refractivity contribution in [2.45, 2.75) is 37.1 Å². The average Bonchev–Trinajstić information content (AvgIpc) is 3.00. The minimum atomic E-state index is -3.69. The molecule has 1 aliphatic heterocycles. The number of carbonyl (C=O) groups is 1. The summed E-state index contributed by atoms with van der Waals surface area (Å²) < 4.78 is 27.1. The summed E-state index contributed by atoms with van der Waals surface area (Å²) in [5.74, 6) is -0.316. The molecule has 1 aromatic carbocycles. The van der Waals surface area contributed by atoms with Crippen LogP contribution in [0.25, 0.3) is 0 Å². The molecule has 1 amide bonds. The lowest BCUT2D eigenvalue weighted by molar-refractivity contribution is -0.120. The number of hydrogen-bond acceptors (Lipinski definition) is 5. The molecular weight excluding hydrogens is 346 g/mol. The third-order valence-electron chi connectivity index (χ3n) is 3.96. The second kappa shape index (κ2) is 7.00. The van der Waals surface area contributed by atoms with Crippen LogP contribution in [-0.2, 0) is 14.8 Å². The minimum absolute atomic E-state index is 0.217. The van der Waals surface area contributed by atoms with Gasteiger partial charge in [0.25, 0.3) is 0 Å². The Hall–Kier alpha value is -1.77. The van der Waals surface area contributed by atoms with Gasteiger partial charge in [0.1, 0.15) is 6.04 Å². The minimum Gasteiger partial charge on any atom is -0.301 e. The topological polar surface area (TPSA) is 79.4 Å². The maximum atomic E-state index is 12.9. The van der Waals surface area contributed by atoms with Crippen molar-refractivity contribution in [3.05, 3.63) is 41.4 Å². The van der Waals surface area contributed by atoms with Gasteiger partial charge in [0.05, 0.1) is 4.90 Å². The third kappa shape index (κ3) is 3.50. The molecule has 1 N–H and O–H groups in total. The monoisotopic (exact) mass is 365 g/mol. The van der Waals surface area contributed by atoms with Gasteiger partial charge in [-0.1, -0.05) is 24.6 Å². The first-order valence-electron chi connectivity index (χ1n) is 7.78. The Labute approximate surface area is 145 Å². The Morgan fingerprint density at radius 3 is 2.71 bits per heavy atom. The van der Waals surface area contributed by atoms with E-state index in [1.165, 1.54) is 15.6 Å². The number of sulfonamides is 1. The van der Waals surface area contributed by atoms with E-state index in [-0.39, 0.29) is 10.8 Å². The first-order chi connectivity index (χ1) is 11.5. The standard InChI is InChI=1S/C16H19N3O3S2/c1-12-11-17-16(23-12)18-15(20)14-9-5-6-10-19(14)24(21,22)13-7-3-2-4-8-13/h2-4,7-8,11,14H,5-6,9-10H2,1H3,(H,17,18,20). The van der Waals surface area contributed by atoms with Crippen molar-refractivity contribution >= 4 is 32.4 Å². The highest BCUT2D eigenvalue weighted by atomic mass is 32.2. The summed E-state index contributed by atoms with van der Waals surface area (Å²) in [7, 11) is -3.69. The van der Waals surface area contributed by atoms with Gasteiger partial charge in [-0.2, -0.15) is 4.31 Å². The smallest absolute Gasteiger partial charge is 0.244 e. The molecule has 0 bridgehead atoms. The van der Waals surface area contributed by atoms with Crippen LogP contribution >= 0.6 is 11.3 Å². The van der Waals surface area contributed by atoms with E-state index in [1.54, 1.807) is 36.5 Å². The summed E-state index contributed by atoms with van der Waals surface area (Å²) in [4.78, 5) is 17.9. The van der Waals surface area contributed by atoms with E-state index in [0.29, 0.717) is 18.1 Å². The van der Waals surface area contributed by atoms with Crippen LogP contribution in [0.1, 0.15) is 24.1 Å². The molecule has 0 aliphatic carbocycles. The Kier molecular flexibility index (Phi) is 4.98. The molecule has 2 heterocycles. The summed E-state index contributed by atoms with van der Waals surface area (Å²) in [6.07, 6.45) is 3.78. The largest absolute Gasteiger partial charge is 0.301 e. The van der Waals surface area contributed by atoms with Crippen molar-refractivity contribution in [2.24, 2.45) is 0 Å². The molecule has 128 valence electrons. The van der Waals surface area contributed by atoms with Gasteiger partial charge in [-0.25, -0.2) is 13.4 Å². The zero-order valence-corrected chi connectivity index (χ0v) is 14.9. The van der Waals surface area contributed by atoms with Crippen LogP contribution in [0.15, 0.2) is 41.4 Å². The van der Waals surface area contributed by atoms with E-state index in [2.05, 4.69) is 10.3 Å². The molecule has 1 atom stereocenters. The number of rotatable bonds is 4. The molecule has 1 unspecified atom stereocenters. The Balaban J connectivity index is 1.84. The predicted molar refractivity (Wildman–Crippen MR) is 93.5 cm³/mol. The van der Waals surface area contributed by atoms with Crippen LogP contribution in [0.3, 0.4) is 0 Å². The highest BCUT2D eigenvalue weighted by Gasteiger charge is 2.37. The molecule has 1 aliphatic rings. The lowest BCUT2D eigenvalue weighted by Crippen LogP contribution is -2.49. The highest BCUT2D eigenvalue weighted by molar-refractivity contribution is 7.89. The summed E-state index contributed by atoms with van der Waals surface area (Å²) in [6.45, 7) is 2.26. The number of benzene rings is 1. The number of piperidine rings is 1. The van der Waals surface area contributed by atoms with Gasteiger partial charge in [-0.05, 0) is 31.9 Å². The Morgan fingerprint density at radius 2 is 2.04 bits per heavy atom. The molecule has 0 spiro atoms. The van der Waals surface area contributed by atoms with E-state index in [9.17, 15) is 13.2 Å². The van der Waals surface area contributed by atoms with Crippen LogP contribution < -0.4 is 5.32 Å². The van der Waals surface area contributed by atoms with Gasteiger partial charge < -0.3 is 5.32 Å². The quantitative estimate of drug-likeness (QED) is 0.903. The van der Waals surface area contributed by atoms with Crippen LogP contribution in [0, 0.1) is 6.92 Å². The lowest BCUT2D eigenvalue weighted by Gasteiger charge is -2.33. The molecule has 1 aromatic heterocycles. The summed E-state index contributed by atoms with van der Waals surface area (Å²) in [5, 5.41) is 3.25. The fourth-order valence-corrected chi connectivity index (χ4v) is 5.13. The molecule has 3 rings (SSSR count). The Morgan fingerprint density at radius 1 is 1.29 bits per heavy atom. The maximum absolute atomic E-state index is 12.9. The molecule has 1 fully saturated rings. The van der Waals surface area contributed by atoms with Crippen LogP contribution in [0.4, 0.5) is 5.13 Å². The van der Waals surface area contributed by atoms with Gasteiger partial charge >= 0.3 is 0 Å². The fourth-order valence-electron chi connectivity index (χ4n) is 2.78. The zero-order chi connectivity index (χ0) is 17.2. The van der Waals surface area contributed by atoms with Gasteiger partial charge in [0, 0.05) is 17.6 Å². The van der Waals surface area contributed by atoms with Crippen LogP contribution in [0.2, 0.25) is 0 Å². The normalized spacial score (nSPS) is 19.1. The fraction of sp³-hybridized carbons (Fsp3) is 0.375. The predicted octanol–water partition coefficient (Wildman–Crippen LogP) is 2.63. The van der Waals surface area contributed by atoms with E-state index in [4.69, 9.17) is 0 Å². The van der Waals surface area contributed by atoms with Crippen molar-refractivity contribution < 1.29 is 13.2 Å². The van der Waals surface area contributed by atoms with E-state index in [0.717, 1.165) is 17.7 Å². The molecule has 8 heteroatoms. The first kappa shape index (κ1) is 17.1. The first-order valence-corrected chi connectivity index (χ1v) is 10.0. The van der Waals surface area contributed by atoms with Gasteiger partial charge in [-0.15, -0.1) is 11.3 Å². The number of anilines is 1. The van der Waals surface area contributed by atoms with Crippen molar-refractivity contribution in [1.82, 2.24) is 9.29 Å². The molecule has 6 nitrogen and oxygen atoms in total. The van der Waals surface area contributed by atoms with E-state index >= 15 is 0 Å². The highest BCUT2D eigenvalue weighted by Crippen LogP contribution is 2.27. The molecular formula is C16H19N3O3S2. The molecule has 24 heavy (non-hydrogen) atoms. The van der Waals surface area contributed by atoms with Crippen LogP contribution in [0.5, 0.6) is 0 Å². The number of thiazole rings is 1.